The van der Waals surface area contributed by atoms with Gasteiger partial charge < -0.3 is 16.4 Å². The molecule has 13 heteroatoms. The van der Waals surface area contributed by atoms with Crippen LogP contribution in [-0.2, 0) is 30.7 Å². The Morgan fingerprint density at radius 3 is 1.50 bits per heavy atom. The van der Waals surface area contributed by atoms with E-state index < -0.39 is 24.3 Å². The minimum Gasteiger partial charge on any atom is -0.693 e. The van der Waals surface area contributed by atoms with Gasteiger partial charge in [0.05, 0.1) is 5.52 Å². The molecule has 1 aromatic carbocycles. The molecule has 150 valence electrons. The number of benzene rings is 1. The number of hydrogen-bond acceptors (Lipinski definition) is 3. The summed E-state index contributed by atoms with van der Waals surface area (Å²) in [6, 6.07) is 12.1. The molecule has 0 spiro atoms. The molecule has 6 nitrogen and oxygen atoms in total. The van der Waals surface area contributed by atoms with Gasteiger partial charge in [-0.3, -0.25) is 4.98 Å². The summed E-state index contributed by atoms with van der Waals surface area (Å²) in [7, 11) is 0. The van der Waals surface area contributed by atoms with Gasteiger partial charge in [0.25, 0.3) is 0 Å². The summed E-state index contributed by atoms with van der Waals surface area (Å²) in [6.07, 6.45) is -8.36. The first-order chi connectivity index (χ1) is 10.9. The van der Waals surface area contributed by atoms with E-state index in [1.54, 1.807) is 0 Å². The molecule has 0 saturated heterocycles. The second kappa shape index (κ2) is 12.2. The molecule has 0 radical (unpaired) electrons. The maximum Gasteiger partial charge on any atom is 0.490 e. The van der Waals surface area contributed by atoms with Gasteiger partial charge in [-0.25, -0.2) is 9.59 Å². The fraction of sp³-hybridized carbons (Fsp3) is 0.154. The molecule has 0 amide bonds. The van der Waals surface area contributed by atoms with Gasteiger partial charge in [0.2, 0.25) is 0 Å². The van der Waals surface area contributed by atoms with Crippen molar-refractivity contribution in [3.8, 4) is 0 Å². The minimum absolute atomic E-state index is 0. The molecule has 4 N–H and O–H groups in total. The molecule has 26 heavy (non-hydrogen) atoms. The fourth-order valence-corrected chi connectivity index (χ4v) is 1.02. The fourth-order valence-electron chi connectivity index (χ4n) is 1.02. The summed E-state index contributed by atoms with van der Waals surface area (Å²) in [6.45, 7) is 0. The molecule has 0 fully saturated rings. The van der Waals surface area contributed by atoms with E-state index in [4.69, 9.17) is 19.8 Å². The van der Waals surface area contributed by atoms with Crippen molar-refractivity contribution in [1.29, 1.82) is 0 Å². The molecular weight excluding hydrogens is 557 g/mol. The van der Waals surface area contributed by atoms with Crippen molar-refractivity contribution in [2.45, 2.75) is 12.4 Å². The Hall–Kier alpha value is -2.20. The number of fused-ring (bicyclic) bond motifs is 1. The average molecular weight is 568 g/mol. The summed E-state index contributed by atoms with van der Waals surface area (Å²) in [5, 5.41) is 15.4. The molecular formula is C13H11F6N2O4Pt-. The van der Waals surface area contributed by atoms with Gasteiger partial charge in [-0.15, -0.1) is 0 Å². The standard InChI is InChI=1S/C9H7N.2C2HF3O2.H2N.Pt/c1-2-6-9-8(4-1)5-3-7-10-9;2*3-2(4,5)1(6)7;;/h1-7H;2*(H,6,7);1H2;/q;;;-1;. The molecule has 0 aliphatic carbocycles. The summed E-state index contributed by atoms with van der Waals surface area (Å²) >= 11 is 0. The zero-order valence-electron chi connectivity index (χ0n) is 12.4. The molecule has 2 aromatic rings. The number of aromatic nitrogens is 1. The number of rotatable bonds is 0. The molecule has 0 unspecified atom stereocenters. The molecule has 0 saturated carbocycles. The number of nitrogens with zero attached hydrogens (tertiary/aromatic N) is 1. The van der Waals surface area contributed by atoms with Gasteiger partial charge in [-0.2, -0.15) is 26.3 Å². The third-order valence-corrected chi connectivity index (χ3v) is 2.00. The predicted octanol–water partition coefficient (Wildman–Crippen LogP) is 4.22. The van der Waals surface area contributed by atoms with Crippen molar-refractivity contribution < 1.29 is 67.2 Å². The molecule has 0 atom stereocenters. The molecule has 2 rings (SSSR count). The Morgan fingerprint density at radius 2 is 1.15 bits per heavy atom. The van der Waals surface area contributed by atoms with E-state index >= 15 is 0 Å². The Labute approximate surface area is 156 Å². The molecule has 0 bridgehead atoms. The third-order valence-electron chi connectivity index (χ3n) is 2.00. The number of alkyl halides is 6. The van der Waals surface area contributed by atoms with Gasteiger partial charge in [-0.1, -0.05) is 24.3 Å². The minimum atomic E-state index is -5.08. The number of carboxylic acids is 2. The molecule has 1 aromatic heterocycles. The van der Waals surface area contributed by atoms with Gasteiger partial charge >= 0.3 is 24.3 Å². The van der Waals surface area contributed by atoms with Crippen LogP contribution in [0.15, 0.2) is 42.6 Å². The summed E-state index contributed by atoms with van der Waals surface area (Å²) in [5.41, 5.74) is 1.06. The van der Waals surface area contributed by atoms with Crippen LogP contribution in [0.3, 0.4) is 0 Å². The second-order valence-corrected chi connectivity index (χ2v) is 3.80. The van der Waals surface area contributed by atoms with Crippen LogP contribution >= 0.6 is 0 Å². The van der Waals surface area contributed by atoms with Crippen LogP contribution in [0, 0.1) is 0 Å². The van der Waals surface area contributed by atoms with E-state index in [2.05, 4.69) is 17.1 Å². The van der Waals surface area contributed by atoms with Gasteiger partial charge in [0.1, 0.15) is 0 Å². The van der Waals surface area contributed by atoms with Crippen LogP contribution in [0.1, 0.15) is 0 Å². The van der Waals surface area contributed by atoms with E-state index in [0.29, 0.717) is 0 Å². The van der Waals surface area contributed by atoms with Crippen molar-refractivity contribution in [3.05, 3.63) is 48.7 Å². The number of hydrogen-bond donors (Lipinski definition) is 2. The van der Waals surface area contributed by atoms with E-state index in [1.165, 1.54) is 5.39 Å². The number of carboxylic acid groups (broad SMARTS) is 2. The SMILES string of the molecule is O=C(O)C(F)(F)F.O=C(O)C(F)(F)F.[NH2-].[Pt].c1ccc2ncccc2c1. The Bertz CT molecular complexity index is 605. The summed E-state index contributed by atoms with van der Waals surface area (Å²) in [4.78, 5) is 22.0. The van der Waals surface area contributed by atoms with E-state index in [1.807, 2.05) is 30.5 Å². The zero-order chi connectivity index (χ0) is 19.0. The normalized spacial score (nSPS) is 9.92. The molecule has 0 aliphatic heterocycles. The number of nitrogens with two attached hydrogens (primary N) is 1. The second-order valence-electron chi connectivity index (χ2n) is 3.80. The average Bonchev–Trinajstić information content (AvgIpc) is 2.46. The van der Waals surface area contributed by atoms with Gasteiger partial charge in [-0.05, 0) is 12.1 Å². The summed E-state index contributed by atoms with van der Waals surface area (Å²) in [5.74, 6) is -5.51. The molecule has 0 aliphatic rings. The van der Waals surface area contributed by atoms with Crippen LogP contribution in [0.2, 0.25) is 0 Å². The zero-order valence-corrected chi connectivity index (χ0v) is 14.6. The first-order valence-electron chi connectivity index (χ1n) is 5.75. The first kappa shape index (κ1) is 28.6. The predicted molar refractivity (Wildman–Crippen MR) is 74.4 cm³/mol. The largest absolute Gasteiger partial charge is 0.693 e. The van der Waals surface area contributed by atoms with Crippen LogP contribution in [-0.4, -0.2) is 39.5 Å². The quantitative estimate of drug-likeness (QED) is 0.462. The maximum atomic E-state index is 10.6. The maximum absolute atomic E-state index is 10.6. The van der Waals surface area contributed by atoms with Crippen LogP contribution in [0.25, 0.3) is 17.1 Å². The van der Waals surface area contributed by atoms with Gasteiger partial charge in [0, 0.05) is 32.6 Å². The molecule has 1 heterocycles. The number of carbonyl (C=O) groups is 2. The topological polar surface area (TPSA) is 121 Å². The number of halogens is 6. The van der Waals surface area contributed by atoms with E-state index in [9.17, 15) is 26.3 Å². The van der Waals surface area contributed by atoms with E-state index in [0.717, 1.165) is 5.52 Å². The van der Waals surface area contributed by atoms with Crippen LogP contribution in [0.4, 0.5) is 26.3 Å². The van der Waals surface area contributed by atoms with E-state index in [-0.39, 0.29) is 27.2 Å². The van der Waals surface area contributed by atoms with Crippen molar-refractivity contribution >= 4 is 22.8 Å². The first-order valence-corrected chi connectivity index (χ1v) is 5.75. The van der Waals surface area contributed by atoms with Crippen LogP contribution in [0.5, 0.6) is 0 Å². The van der Waals surface area contributed by atoms with Crippen LogP contribution < -0.4 is 0 Å². The Morgan fingerprint density at radius 1 is 0.808 bits per heavy atom. The van der Waals surface area contributed by atoms with Gasteiger partial charge in [0.15, 0.2) is 0 Å². The number of para-hydroxylation sites is 1. The number of pyridine rings is 1. The van der Waals surface area contributed by atoms with Crippen molar-refractivity contribution in [1.82, 2.24) is 4.98 Å². The number of aliphatic carboxylic acids is 2. The smallest absolute Gasteiger partial charge is 0.490 e. The van der Waals surface area contributed by atoms with Crippen molar-refractivity contribution in [2.24, 2.45) is 0 Å². The monoisotopic (exact) mass is 568 g/mol. The Balaban J connectivity index is -0.000000303. The van der Waals surface area contributed by atoms with Crippen molar-refractivity contribution in [3.63, 3.8) is 0 Å². The summed E-state index contributed by atoms with van der Waals surface area (Å²) < 4.78 is 63.5. The third kappa shape index (κ3) is 12.2. The Kier molecular flexibility index (Phi) is 13.4. The van der Waals surface area contributed by atoms with Crippen molar-refractivity contribution in [2.75, 3.05) is 0 Å².